The lowest BCUT2D eigenvalue weighted by atomic mass is 10.0. The number of para-hydroxylation sites is 2. The Hall–Kier alpha value is -4.06. The lowest BCUT2D eigenvalue weighted by molar-refractivity contribution is -0.132. The van der Waals surface area contributed by atoms with E-state index >= 15 is 0 Å². The molecule has 2 aromatic heterocycles. The fourth-order valence-corrected chi connectivity index (χ4v) is 12.3. The van der Waals surface area contributed by atoms with Gasteiger partial charge in [-0.2, -0.15) is 10.2 Å². The molecule has 2 aromatic carbocycles. The molecule has 2 N–H and O–H groups in total. The number of piperazine rings is 2. The van der Waals surface area contributed by atoms with Gasteiger partial charge in [-0.3, -0.25) is 19.4 Å². The SMILES string of the molecule is Cc1nn(-c2ccccc2)c(N2CCN([C@@H]3CN[C@H](C(=O)N4CCSC4)C3)CC2)c1Cc1c(C)nn(-c2ccccc2)c1N1CCN([C@@H]2CN[C@H](C(=O)N3CCSC3)C2)CC1. The van der Waals surface area contributed by atoms with Crippen LogP contribution in [0.1, 0.15) is 35.4 Å². The first kappa shape index (κ1) is 41.0. The highest BCUT2D eigenvalue weighted by Gasteiger charge is 2.39. The summed E-state index contributed by atoms with van der Waals surface area (Å²) in [6.45, 7) is 15.1. The summed E-state index contributed by atoms with van der Waals surface area (Å²) in [7, 11) is 0. The number of thioether (sulfide) groups is 2. The molecule has 6 aliphatic rings. The van der Waals surface area contributed by atoms with Crippen molar-refractivity contribution >= 4 is 47.0 Å². The summed E-state index contributed by atoms with van der Waals surface area (Å²) in [5, 5.41) is 17.7. The van der Waals surface area contributed by atoms with Crippen LogP contribution >= 0.6 is 23.5 Å². The van der Waals surface area contributed by atoms with E-state index in [2.05, 4.69) is 114 Å². The van der Waals surface area contributed by atoms with Gasteiger partial charge in [0.25, 0.3) is 0 Å². The standard InChI is InChI=1S/C45H60N12O2S2/c1-32-38(42(56(48-32)34-9-5-3-6-10-34)52-17-13-50(14-18-52)36-25-40(46-28-36)44(58)54-21-23-60-30-54)27-39-33(2)49-57(35-11-7-4-8-12-35)43(39)53-19-15-51(16-20-53)37-26-41(47-29-37)45(59)55-22-24-61-31-55/h3-12,36-37,40-41,46-47H,13-31H2,1-2H3/t36-,37-,40-,41-/m0/s1. The number of aromatic nitrogens is 4. The monoisotopic (exact) mass is 864 g/mol. The third-order valence-electron chi connectivity index (χ3n) is 13.9. The van der Waals surface area contributed by atoms with Crippen LogP contribution in [0, 0.1) is 13.8 Å². The molecule has 8 heterocycles. The van der Waals surface area contributed by atoms with Crippen LogP contribution in [0.3, 0.4) is 0 Å². The first-order chi connectivity index (χ1) is 29.9. The quantitative estimate of drug-likeness (QED) is 0.245. The van der Waals surface area contributed by atoms with Crippen molar-refractivity contribution in [1.82, 2.24) is 49.8 Å². The van der Waals surface area contributed by atoms with Crippen molar-refractivity contribution in [2.24, 2.45) is 0 Å². The number of benzene rings is 2. The van der Waals surface area contributed by atoms with E-state index in [-0.39, 0.29) is 23.9 Å². The second kappa shape index (κ2) is 18.0. The molecular weight excluding hydrogens is 805 g/mol. The van der Waals surface area contributed by atoms with Crippen molar-refractivity contribution in [1.29, 1.82) is 0 Å². The summed E-state index contributed by atoms with van der Waals surface area (Å²) >= 11 is 3.70. The van der Waals surface area contributed by atoms with E-state index in [1.807, 2.05) is 33.3 Å². The fraction of sp³-hybridized carbons (Fsp3) is 0.556. The van der Waals surface area contributed by atoms with Crippen LogP contribution in [0.25, 0.3) is 11.4 Å². The van der Waals surface area contributed by atoms with Crippen LogP contribution in [0.15, 0.2) is 60.7 Å². The Morgan fingerprint density at radius 2 is 1.00 bits per heavy atom. The van der Waals surface area contributed by atoms with Crippen molar-refractivity contribution in [3.8, 4) is 11.4 Å². The number of nitrogens with zero attached hydrogens (tertiary/aromatic N) is 10. The Balaban J connectivity index is 0.897. The van der Waals surface area contributed by atoms with Gasteiger partial charge < -0.3 is 30.2 Å². The smallest absolute Gasteiger partial charge is 0.240 e. The summed E-state index contributed by atoms with van der Waals surface area (Å²) in [6, 6.07) is 21.7. The summed E-state index contributed by atoms with van der Waals surface area (Å²) < 4.78 is 4.34. The van der Waals surface area contributed by atoms with E-state index in [0.29, 0.717) is 12.1 Å². The molecule has 0 bridgehead atoms. The van der Waals surface area contributed by atoms with Crippen LogP contribution in [-0.2, 0) is 16.0 Å². The molecule has 6 aliphatic heterocycles. The lowest BCUT2D eigenvalue weighted by Gasteiger charge is -2.40. The fourth-order valence-electron chi connectivity index (χ4n) is 10.4. The molecule has 0 spiro atoms. The Morgan fingerprint density at radius 3 is 1.38 bits per heavy atom. The minimum absolute atomic E-state index is 0.0746. The largest absolute Gasteiger partial charge is 0.354 e. The molecule has 6 fully saturated rings. The molecular formula is C45H60N12O2S2. The molecule has 61 heavy (non-hydrogen) atoms. The molecule has 4 aromatic rings. The Kier molecular flexibility index (Phi) is 12.1. The van der Waals surface area contributed by atoms with Gasteiger partial charge in [-0.15, -0.1) is 23.5 Å². The predicted octanol–water partition coefficient (Wildman–Crippen LogP) is 3.04. The van der Waals surface area contributed by atoms with Gasteiger partial charge >= 0.3 is 0 Å². The molecule has 0 aliphatic carbocycles. The minimum Gasteiger partial charge on any atom is -0.354 e. The second-order valence-corrected chi connectivity index (χ2v) is 19.6. The zero-order chi connectivity index (χ0) is 41.5. The van der Waals surface area contributed by atoms with Crippen molar-refractivity contribution in [3.05, 3.63) is 83.2 Å². The van der Waals surface area contributed by atoms with Crippen molar-refractivity contribution in [3.63, 3.8) is 0 Å². The molecule has 0 unspecified atom stereocenters. The van der Waals surface area contributed by atoms with Crippen LogP contribution in [0.2, 0.25) is 0 Å². The first-order valence-corrected chi connectivity index (χ1v) is 24.7. The Labute approximate surface area is 368 Å². The van der Waals surface area contributed by atoms with E-state index in [9.17, 15) is 9.59 Å². The van der Waals surface area contributed by atoms with E-state index < -0.39 is 0 Å². The van der Waals surface area contributed by atoms with Crippen LogP contribution < -0.4 is 20.4 Å². The van der Waals surface area contributed by atoms with Gasteiger partial charge in [0, 0.05) is 120 Å². The van der Waals surface area contributed by atoms with Gasteiger partial charge in [0.2, 0.25) is 11.8 Å². The number of amides is 2. The normalized spacial score (nSPS) is 25.3. The third kappa shape index (κ3) is 8.31. The Morgan fingerprint density at radius 1 is 0.590 bits per heavy atom. The highest BCUT2D eigenvalue weighted by molar-refractivity contribution is 7.99. The van der Waals surface area contributed by atoms with Crippen molar-refractivity contribution in [2.75, 3.05) is 112 Å². The van der Waals surface area contributed by atoms with E-state index in [4.69, 9.17) is 10.2 Å². The maximum absolute atomic E-state index is 13.2. The number of nitrogens with one attached hydrogen (secondary N) is 2. The van der Waals surface area contributed by atoms with E-state index in [1.54, 1.807) is 0 Å². The van der Waals surface area contributed by atoms with E-state index in [0.717, 1.165) is 144 Å². The number of carbonyl (C=O) groups is 2. The third-order valence-corrected chi connectivity index (χ3v) is 15.8. The van der Waals surface area contributed by atoms with Gasteiger partial charge in [0.1, 0.15) is 11.6 Å². The summed E-state index contributed by atoms with van der Waals surface area (Å²) in [5.74, 6) is 6.61. The van der Waals surface area contributed by atoms with E-state index in [1.165, 1.54) is 22.8 Å². The average molecular weight is 865 g/mol. The highest BCUT2D eigenvalue weighted by atomic mass is 32.2. The minimum atomic E-state index is -0.0746. The maximum Gasteiger partial charge on any atom is 0.240 e. The highest BCUT2D eigenvalue weighted by Crippen LogP contribution is 2.36. The molecule has 0 radical (unpaired) electrons. The van der Waals surface area contributed by atoms with Gasteiger partial charge in [-0.05, 0) is 51.0 Å². The van der Waals surface area contributed by atoms with Crippen LogP contribution in [0.5, 0.6) is 0 Å². The number of aryl methyl sites for hydroxylation is 2. The molecule has 0 saturated carbocycles. The molecule has 4 atom stereocenters. The van der Waals surface area contributed by atoms with Crippen molar-refractivity contribution in [2.45, 2.75) is 57.3 Å². The summed E-state index contributed by atoms with van der Waals surface area (Å²) in [4.78, 5) is 40.8. The topological polar surface area (TPSA) is 113 Å². The van der Waals surface area contributed by atoms with Crippen LogP contribution in [-0.4, -0.2) is 177 Å². The number of anilines is 2. The number of hydrogen-bond acceptors (Lipinski definition) is 12. The molecule has 2 amide bonds. The van der Waals surface area contributed by atoms with Crippen molar-refractivity contribution < 1.29 is 9.59 Å². The predicted molar refractivity (Wildman–Crippen MR) is 245 cm³/mol. The zero-order valence-corrected chi connectivity index (χ0v) is 37.3. The summed E-state index contributed by atoms with van der Waals surface area (Å²) in [5.41, 5.74) is 6.69. The molecule has 324 valence electrons. The first-order valence-electron chi connectivity index (χ1n) is 22.3. The number of carbonyl (C=O) groups excluding carboxylic acids is 2. The zero-order valence-electron chi connectivity index (χ0n) is 35.6. The van der Waals surface area contributed by atoms with Gasteiger partial charge in [0.15, 0.2) is 0 Å². The van der Waals surface area contributed by atoms with Gasteiger partial charge in [0.05, 0.1) is 46.6 Å². The maximum atomic E-state index is 13.2. The number of rotatable bonds is 10. The Bertz CT molecular complexity index is 2000. The average Bonchev–Trinajstić information content (AvgIpc) is 4.18. The van der Waals surface area contributed by atoms with Gasteiger partial charge in [-0.25, -0.2) is 9.36 Å². The number of hydrogen-bond donors (Lipinski definition) is 2. The second-order valence-electron chi connectivity index (χ2n) is 17.5. The van der Waals surface area contributed by atoms with Crippen LogP contribution in [0.4, 0.5) is 11.6 Å². The lowest BCUT2D eigenvalue weighted by Crippen LogP contribution is -2.51. The molecule has 16 heteroatoms. The summed E-state index contributed by atoms with van der Waals surface area (Å²) in [6.07, 6.45) is 2.48. The van der Waals surface area contributed by atoms with Gasteiger partial charge in [-0.1, -0.05) is 36.4 Å². The molecule has 14 nitrogen and oxygen atoms in total. The molecule has 6 saturated heterocycles. The molecule has 10 rings (SSSR count).